The molecule has 0 spiro atoms. The fraction of sp³-hybridized carbons (Fsp3) is 0.846. The molecule has 1 rings (SSSR count). The smallest absolute Gasteiger partial charge is 0.306 e. The molecule has 0 aromatic rings. The van der Waals surface area contributed by atoms with E-state index in [1.807, 2.05) is 13.8 Å². The normalized spacial score (nSPS) is 19.1. The summed E-state index contributed by atoms with van der Waals surface area (Å²) in [6.45, 7) is 5.14. The lowest BCUT2D eigenvalue weighted by molar-refractivity contribution is -0.146. The highest BCUT2D eigenvalue weighted by Crippen LogP contribution is 2.29. The maximum Gasteiger partial charge on any atom is 0.306 e. The zero-order chi connectivity index (χ0) is 12.8. The summed E-state index contributed by atoms with van der Waals surface area (Å²) in [4.78, 5) is 23.5. The molecule has 0 aromatic heterocycles. The second-order valence-corrected chi connectivity index (χ2v) is 4.89. The van der Waals surface area contributed by atoms with Gasteiger partial charge in [0.15, 0.2) is 0 Å². The molecule has 0 N–H and O–H groups in total. The second kappa shape index (κ2) is 6.74. The highest BCUT2D eigenvalue weighted by Gasteiger charge is 2.32. The van der Waals surface area contributed by atoms with Crippen LogP contribution >= 0.6 is 0 Å². The average molecular weight is 242 g/mol. The molecule has 4 nitrogen and oxygen atoms in total. The molecule has 1 fully saturated rings. The molecule has 0 bridgehead atoms. The Morgan fingerprint density at radius 2 is 1.88 bits per heavy atom. The minimum atomic E-state index is -0.296. The van der Waals surface area contributed by atoms with Crippen molar-refractivity contribution < 1.29 is 19.1 Å². The molecule has 4 heteroatoms. The number of ether oxygens (including phenoxy) is 2. The van der Waals surface area contributed by atoms with Crippen molar-refractivity contribution in [1.29, 1.82) is 0 Å². The molecule has 1 aliphatic heterocycles. The van der Waals surface area contributed by atoms with Gasteiger partial charge in [-0.1, -0.05) is 13.8 Å². The van der Waals surface area contributed by atoms with E-state index in [1.54, 1.807) is 0 Å². The van der Waals surface area contributed by atoms with Gasteiger partial charge in [-0.2, -0.15) is 0 Å². The van der Waals surface area contributed by atoms with Gasteiger partial charge in [0.05, 0.1) is 13.5 Å². The molecule has 17 heavy (non-hydrogen) atoms. The molecule has 0 radical (unpaired) electrons. The third-order valence-corrected chi connectivity index (χ3v) is 3.38. The summed E-state index contributed by atoms with van der Waals surface area (Å²) in [5, 5.41) is 0. The Kier molecular flexibility index (Phi) is 5.62. The van der Waals surface area contributed by atoms with Gasteiger partial charge < -0.3 is 9.47 Å². The van der Waals surface area contributed by atoms with Gasteiger partial charge in [0.1, 0.15) is 5.78 Å². The zero-order valence-electron chi connectivity index (χ0n) is 10.9. The monoisotopic (exact) mass is 242 g/mol. The van der Waals surface area contributed by atoms with E-state index in [1.165, 1.54) is 7.11 Å². The number of hydrogen-bond donors (Lipinski definition) is 0. The van der Waals surface area contributed by atoms with Crippen molar-refractivity contribution in [1.82, 2.24) is 0 Å². The summed E-state index contributed by atoms with van der Waals surface area (Å²) in [6.07, 6.45) is 1.93. The maximum atomic E-state index is 12.1. The van der Waals surface area contributed by atoms with Crippen molar-refractivity contribution in [2.75, 3.05) is 20.3 Å². The molecule has 0 saturated carbocycles. The van der Waals surface area contributed by atoms with E-state index in [9.17, 15) is 9.59 Å². The fourth-order valence-corrected chi connectivity index (χ4v) is 2.31. The predicted octanol–water partition coefficient (Wildman–Crippen LogP) is 1.82. The number of hydrogen-bond acceptors (Lipinski definition) is 4. The average Bonchev–Trinajstić information content (AvgIpc) is 2.35. The molecule has 0 aromatic carbocycles. The summed E-state index contributed by atoms with van der Waals surface area (Å²) < 4.78 is 9.97. The fourth-order valence-electron chi connectivity index (χ4n) is 2.31. The van der Waals surface area contributed by atoms with Crippen molar-refractivity contribution in [3.8, 4) is 0 Å². The molecule has 98 valence electrons. The largest absolute Gasteiger partial charge is 0.469 e. The van der Waals surface area contributed by atoms with E-state index in [4.69, 9.17) is 4.74 Å². The SMILES string of the molecule is COC(=O)C[C@H](C(=O)C(C)C)C1CCOCC1. The van der Waals surface area contributed by atoms with E-state index in [0.29, 0.717) is 13.2 Å². The van der Waals surface area contributed by atoms with Gasteiger partial charge in [0, 0.05) is 25.0 Å². The van der Waals surface area contributed by atoms with Crippen LogP contribution in [0.5, 0.6) is 0 Å². The summed E-state index contributed by atoms with van der Waals surface area (Å²) in [7, 11) is 1.36. The van der Waals surface area contributed by atoms with Gasteiger partial charge in [-0.05, 0) is 18.8 Å². The van der Waals surface area contributed by atoms with Crippen molar-refractivity contribution in [2.24, 2.45) is 17.8 Å². The summed E-state index contributed by atoms with van der Waals surface area (Å²) in [5.41, 5.74) is 0. The van der Waals surface area contributed by atoms with Crippen LogP contribution in [0.4, 0.5) is 0 Å². The van der Waals surface area contributed by atoms with E-state index in [0.717, 1.165) is 12.8 Å². The standard InChI is InChI=1S/C13H22O4/c1-9(2)13(15)11(8-12(14)16-3)10-4-6-17-7-5-10/h9-11H,4-8H2,1-3H3/t11-/m0/s1. The van der Waals surface area contributed by atoms with Crippen molar-refractivity contribution in [3.05, 3.63) is 0 Å². The van der Waals surface area contributed by atoms with Gasteiger partial charge in [-0.3, -0.25) is 9.59 Å². The number of carbonyl (C=O) groups is 2. The number of Topliss-reactive ketones (excluding diaryl/α,β-unsaturated/α-hetero) is 1. The van der Waals surface area contributed by atoms with E-state index < -0.39 is 0 Å². The van der Waals surface area contributed by atoms with E-state index >= 15 is 0 Å². The summed E-state index contributed by atoms with van der Waals surface area (Å²) in [6, 6.07) is 0. The van der Waals surface area contributed by atoms with Crippen LogP contribution in [0.1, 0.15) is 33.1 Å². The molecule has 1 heterocycles. The van der Waals surface area contributed by atoms with Crippen molar-refractivity contribution in [2.45, 2.75) is 33.1 Å². The number of esters is 1. The summed E-state index contributed by atoms with van der Waals surface area (Å²) >= 11 is 0. The third-order valence-electron chi connectivity index (χ3n) is 3.38. The molecule has 1 saturated heterocycles. The van der Waals surface area contributed by atoms with Gasteiger partial charge in [0.25, 0.3) is 0 Å². The van der Waals surface area contributed by atoms with Crippen LogP contribution in [-0.4, -0.2) is 32.1 Å². The minimum absolute atomic E-state index is 0.0347. The first kappa shape index (κ1) is 14.2. The predicted molar refractivity (Wildman–Crippen MR) is 63.5 cm³/mol. The van der Waals surface area contributed by atoms with E-state index in [-0.39, 0.29) is 35.9 Å². The molecule has 1 atom stereocenters. The van der Waals surface area contributed by atoms with Crippen LogP contribution in [0.25, 0.3) is 0 Å². The Bertz CT molecular complexity index is 267. The second-order valence-electron chi connectivity index (χ2n) is 4.89. The molecular formula is C13H22O4. The van der Waals surface area contributed by atoms with Crippen molar-refractivity contribution in [3.63, 3.8) is 0 Å². The highest BCUT2D eigenvalue weighted by atomic mass is 16.5. The molecule has 0 amide bonds. The number of carbonyl (C=O) groups excluding carboxylic acids is 2. The Morgan fingerprint density at radius 1 is 1.29 bits per heavy atom. The minimum Gasteiger partial charge on any atom is -0.469 e. The first-order valence-electron chi connectivity index (χ1n) is 6.24. The van der Waals surface area contributed by atoms with Crippen LogP contribution in [-0.2, 0) is 19.1 Å². The Morgan fingerprint density at radius 3 is 2.35 bits per heavy atom. The van der Waals surface area contributed by atoms with Crippen LogP contribution in [0.15, 0.2) is 0 Å². The molecule has 1 aliphatic rings. The number of methoxy groups -OCH3 is 1. The number of rotatable bonds is 5. The Labute approximate surface area is 103 Å². The summed E-state index contributed by atoms with van der Waals surface area (Å²) in [5.74, 6) is -0.102. The topological polar surface area (TPSA) is 52.6 Å². The van der Waals surface area contributed by atoms with Gasteiger partial charge in [0.2, 0.25) is 0 Å². The van der Waals surface area contributed by atoms with Crippen LogP contribution in [0.2, 0.25) is 0 Å². The van der Waals surface area contributed by atoms with Gasteiger partial charge in [-0.15, -0.1) is 0 Å². The lowest BCUT2D eigenvalue weighted by Gasteiger charge is -2.29. The van der Waals surface area contributed by atoms with Crippen molar-refractivity contribution >= 4 is 11.8 Å². The first-order valence-corrected chi connectivity index (χ1v) is 6.24. The van der Waals surface area contributed by atoms with Crippen LogP contribution in [0, 0.1) is 17.8 Å². The maximum absolute atomic E-state index is 12.1. The van der Waals surface area contributed by atoms with Gasteiger partial charge >= 0.3 is 5.97 Å². The van der Waals surface area contributed by atoms with E-state index in [2.05, 4.69) is 4.74 Å². The zero-order valence-corrected chi connectivity index (χ0v) is 10.9. The molecule has 0 unspecified atom stereocenters. The number of ketones is 1. The van der Waals surface area contributed by atoms with Gasteiger partial charge in [-0.25, -0.2) is 0 Å². The highest BCUT2D eigenvalue weighted by molar-refractivity contribution is 5.86. The van der Waals surface area contributed by atoms with Crippen LogP contribution < -0.4 is 0 Å². The third kappa shape index (κ3) is 4.11. The Hall–Kier alpha value is -0.900. The van der Waals surface area contributed by atoms with Crippen LogP contribution in [0.3, 0.4) is 0 Å². The Balaban J connectivity index is 2.69. The molecule has 0 aliphatic carbocycles. The lowest BCUT2D eigenvalue weighted by Crippen LogP contribution is -2.33. The quantitative estimate of drug-likeness (QED) is 0.690. The first-order chi connectivity index (χ1) is 8.06. The lowest BCUT2D eigenvalue weighted by atomic mass is 9.78. The molecular weight excluding hydrogens is 220 g/mol.